The third kappa shape index (κ3) is 6.30. The minimum absolute atomic E-state index is 0.123. The SMILES string of the molecule is CO/C(=C\C(=O)C(Cl)(Cl)Cl)COCc1ccccc1. The zero-order chi connectivity index (χ0) is 14.3. The van der Waals surface area contributed by atoms with Gasteiger partial charge in [0.2, 0.25) is 5.78 Å². The Balaban J connectivity index is 2.50. The monoisotopic (exact) mass is 322 g/mol. The van der Waals surface area contributed by atoms with E-state index in [2.05, 4.69) is 0 Å². The van der Waals surface area contributed by atoms with Crippen molar-refractivity contribution in [3.8, 4) is 0 Å². The molecule has 1 aromatic carbocycles. The third-order valence-electron chi connectivity index (χ3n) is 2.19. The fourth-order valence-electron chi connectivity index (χ4n) is 1.23. The van der Waals surface area contributed by atoms with Crippen molar-refractivity contribution in [2.75, 3.05) is 13.7 Å². The predicted molar refractivity (Wildman–Crippen MR) is 76.5 cm³/mol. The summed E-state index contributed by atoms with van der Waals surface area (Å²) in [6.45, 7) is 0.529. The van der Waals surface area contributed by atoms with Crippen molar-refractivity contribution < 1.29 is 14.3 Å². The molecular weight excluding hydrogens is 310 g/mol. The van der Waals surface area contributed by atoms with Crippen LogP contribution in [0.15, 0.2) is 42.2 Å². The first-order valence-electron chi connectivity index (χ1n) is 5.41. The third-order valence-corrected chi connectivity index (χ3v) is 2.75. The molecule has 0 aliphatic carbocycles. The van der Waals surface area contributed by atoms with Crippen LogP contribution in [0.5, 0.6) is 0 Å². The summed E-state index contributed by atoms with van der Waals surface area (Å²) < 4.78 is 8.42. The van der Waals surface area contributed by atoms with Crippen LogP contribution in [0.4, 0.5) is 0 Å². The second kappa shape index (κ2) is 7.75. The highest BCUT2D eigenvalue weighted by molar-refractivity contribution is 6.77. The van der Waals surface area contributed by atoms with E-state index in [1.807, 2.05) is 30.3 Å². The summed E-state index contributed by atoms with van der Waals surface area (Å²) in [6.07, 6.45) is 1.12. The van der Waals surface area contributed by atoms with Crippen LogP contribution in [0.3, 0.4) is 0 Å². The Morgan fingerprint density at radius 1 is 1.26 bits per heavy atom. The van der Waals surface area contributed by atoms with Crippen molar-refractivity contribution in [1.29, 1.82) is 0 Å². The number of halogens is 3. The molecule has 0 N–H and O–H groups in total. The van der Waals surface area contributed by atoms with Gasteiger partial charge < -0.3 is 9.47 Å². The van der Waals surface area contributed by atoms with Crippen LogP contribution >= 0.6 is 34.8 Å². The average molecular weight is 324 g/mol. The van der Waals surface area contributed by atoms with Gasteiger partial charge in [0.25, 0.3) is 3.79 Å². The molecule has 0 aliphatic heterocycles. The zero-order valence-electron chi connectivity index (χ0n) is 10.2. The minimum atomic E-state index is -1.98. The Kier molecular flexibility index (Phi) is 6.66. The van der Waals surface area contributed by atoms with E-state index in [1.54, 1.807) is 0 Å². The molecule has 0 radical (unpaired) electrons. The Morgan fingerprint density at radius 3 is 2.42 bits per heavy atom. The maximum atomic E-state index is 11.5. The number of hydrogen-bond donors (Lipinski definition) is 0. The molecule has 6 heteroatoms. The van der Waals surface area contributed by atoms with Gasteiger partial charge in [-0.05, 0) is 5.56 Å². The number of carbonyl (C=O) groups excluding carboxylic acids is 1. The first-order valence-corrected chi connectivity index (χ1v) is 6.54. The van der Waals surface area contributed by atoms with Gasteiger partial charge in [0, 0.05) is 6.08 Å². The van der Waals surface area contributed by atoms with Crippen molar-refractivity contribution in [2.45, 2.75) is 10.4 Å². The molecule has 0 saturated heterocycles. The molecule has 0 spiro atoms. The molecular formula is C13H13Cl3O3. The van der Waals surface area contributed by atoms with E-state index in [0.29, 0.717) is 12.4 Å². The molecule has 0 saturated carbocycles. The largest absolute Gasteiger partial charge is 0.499 e. The summed E-state index contributed by atoms with van der Waals surface area (Å²) >= 11 is 16.4. The Hall–Kier alpha value is -0.740. The van der Waals surface area contributed by atoms with Gasteiger partial charge in [0.1, 0.15) is 12.4 Å². The van der Waals surface area contributed by atoms with Crippen LogP contribution < -0.4 is 0 Å². The van der Waals surface area contributed by atoms with Gasteiger partial charge in [-0.15, -0.1) is 0 Å². The number of rotatable bonds is 6. The smallest absolute Gasteiger partial charge is 0.252 e. The summed E-state index contributed by atoms with van der Waals surface area (Å²) in [5.74, 6) is -0.370. The molecule has 0 fully saturated rings. The number of alkyl halides is 3. The second-order valence-corrected chi connectivity index (χ2v) is 5.94. The Bertz CT molecular complexity index is 438. The van der Waals surface area contributed by atoms with E-state index in [9.17, 15) is 4.79 Å². The van der Waals surface area contributed by atoms with Gasteiger partial charge in [-0.1, -0.05) is 65.1 Å². The number of carbonyl (C=O) groups is 1. The molecule has 1 aromatic rings. The molecule has 0 aromatic heterocycles. The van der Waals surface area contributed by atoms with Crippen molar-refractivity contribution in [3.05, 3.63) is 47.7 Å². The lowest BCUT2D eigenvalue weighted by molar-refractivity contribution is -0.114. The molecule has 0 heterocycles. The molecule has 19 heavy (non-hydrogen) atoms. The standard InChI is InChI=1S/C13H13Cl3O3/c1-18-11(7-12(17)13(14,15)16)9-19-8-10-5-3-2-4-6-10/h2-7H,8-9H2,1H3/b11-7-. The molecule has 3 nitrogen and oxygen atoms in total. The maximum Gasteiger partial charge on any atom is 0.252 e. The molecule has 1 rings (SSSR count). The van der Waals surface area contributed by atoms with Gasteiger partial charge in [-0.3, -0.25) is 4.79 Å². The fourth-order valence-corrected chi connectivity index (χ4v) is 1.39. The summed E-state index contributed by atoms with van der Waals surface area (Å²) in [6, 6.07) is 9.62. The zero-order valence-corrected chi connectivity index (χ0v) is 12.5. The van der Waals surface area contributed by atoms with Crippen LogP contribution in [-0.2, 0) is 20.9 Å². The van der Waals surface area contributed by atoms with Gasteiger partial charge in [-0.2, -0.15) is 0 Å². The highest BCUT2D eigenvalue weighted by atomic mass is 35.6. The summed E-state index contributed by atoms with van der Waals surface area (Å²) in [7, 11) is 1.42. The van der Waals surface area contributed by atoms with E-state index in [0.717, 1.165) is 11.6 Å². The number of ether oxygens (including phenoxy) is 2. The predicted octanol–water partition coefficient (Wildman–Crippen LogP) is 3.67. The normalized spacial score (nSPS) is 12.3. The topological polar surface area (TPSA) is 35.5 Å². The van der Waals surface area contributed by atoms with Crippen LogP contribution in [0.2, 0.25) is 0 Å². The highest BCUT2D eigenvalue weighted by Gasteiger charge is 2.29. The van der Waals surface area contributed by atoms with Crippen molar-refractivity contribution in [2.24, 2.45) is 0 Å². The van der Waals surface area contributed by atoms with E-state index < -0.39 is 9.58 Å². The molecule has 104 valence electrons. The minimum Gasteiger partial charge on any atom is -0.499 e. The number of allylic oxidation sites excluding steroid dienone is 1. The first-order chi connectivity index (χ1) is 8.93. The van der Waals surface area contributed by atoms with E-state index in [4.69, 9.17) is 44.3 Å². The van der Waals surface area contributed by atoms with Crippen LogP contribution in [0.25, 0.3) is 0 Å². The highest BCUT2D eigenvalue weighted by Crippen LogP contribution is 2.28. The Morgan fingerprint density at radius 2 is 1.89 bits per heavy atom. The molecule has 0 atom stereocenters. The lowest BCUT2D eigenvalue weighted by Crippen LogP contribution is -2.17. The quantitative estimate of drug-likeness (QED) is 0.455. The summed E-state index contributed by atoms with van der Waals surface area (Å²) in [5.41, 5.74) is 1.02. The Labute approximate surface area is 127 Å². The van der Waals surface area contributed by atoms with Crippen LogP contribution in [-0.4, -0.2) is 23.3 Å². The van der Waals surface area contributed by atoms with Crippen LogP contribution in [0.1, 0.15) is 5.56 Å². The number of methoxy groups -OCH3 is 1. The average Bonchev–Trinajstić information content (AvgIpc) is 2.37. The van der Waals surface area contributed by atoms with Gasteiger partial charge in [0.05, 0.1) is 13.7 Å². The van der Waals surface area contributed by atoms with Crippen molar-refractivity contribution in [1.82, 2.24) is 0 Å². The van der Waals surface area contributed by atoms with E-state index >= 15 is 0 Å². The molecule has 0 aliphatic rings. The number of hydrogen-bond acceptors (Lipinski definition) is 3. The summed E-state index contributed by atoms with van der Waals surface area (Å²) in [4.78, 5) is 11.5. The lowest BCUT2D eigenvalue weighted by Gasteiger charge is -2.10. The van der Waals surface area contributed by atoms with Crippen molar-refractivity contribution in [3.63, 3.8) is 0 Å². The van der Waals surface area contributed by atoms with E-state index in [-0.39, 0.29) is 6.61 Å². The van der Waals surface area contributed by atoms with Gasteiger partial charge >= 0.3 is 0 Å². The van der Waals surface area contributed by atoms with E-state index in [1.165, 1.54) is 7.11 Å². The molecule has 0 bridgehead atoms. The second-order valence-electron chi connectivity index (χ2n) is 3.66. The fraction of sp³-hybridized carbons (Fsp3) is 0.308. The van der Waals surface area contributed by atoms with Gasteiger partial charge in [-0.25, -0.2) is 0 Å². The molecule has 0 unspecified atom stereocenters. The van der Waals surface area contributed by atoms with Crippen molar-refractivity contribution >= 4 is 40.6 Å². The van der Waals surface area contributed by atoms with Gasteiger partial charge in [0.15, 0.2) is 0 Å². The first kappa shape index (κ1) is 16.3. The number of ketones is 1. The summed E-state index contributed by atoms with van der Waals surface area (Å²) in [5, 5.41) is 0. The van der Waals surface area contributed by atoms with Crippen LogP contribution in [0, 0.1) is 0 Å². The number of benzene rings is 1. The lowest BCUT2D eigenvalue weighted by atomic mass is 10.2. The molecule has 0 amide bonds. The maximum absolute atomic E-state index is 11.5.